The molecule has 268 valence electrons. The first-order valence-electron chi connectivity index (χ1n) is 17.7. The normalized spacial score (nSPS) is 22.9. The first-order chi connectivity index (χ1) is 25.4. The second-order valence-corrected chi connectivity index (χ2v) is 13.8. The SMILES string of the molecule is Nc1ccc(/C2=C3\CCC([N-]3)/C(c3ccc(N)cc3)=c3/cc/c([n-]3)=C(/c3ccc(N)cc3)C3CC/C(=C(\c4ccc(N)cc4)c4ccc2[n-]4)[N-]3)cc1.[Ni]. The number of allylic oxidation sites excluding steroid dienone is 2. The Morgan fingerprint density at radius 3 is 1.09 bits per heavy atom. The quantitative estimate of drug-likeness (QED) is 0.117. The van der Waals surface area contributed by atoms with Crippen LogP contribution in [0.4, 0.5) is 22.7 Å². The van der Waals surface area contributed by atoms with Crippen molar-refractivity contribution in [3.8, 4) is 0 Å². The molecule has 2 atom stereocenters. The molecule has 0 radical (unpaired) electrons. The van der Waals surface area contributed by atoms with Crippen molar-refractivity contribution in [3.05, 3.63) is 188 Å². The van der Waals surface area contributed by atoms with E-state index in [1.54, 1.807) is 0 Å². The summed E-state index contributed by atoms with van der Waals surface area (Å²) in [4.78, 5) is 10.8. The summed E-state index contributed by atoms with van der Waals surface area (Å²) in [5.41, 5.74) is 39.6. The van der Waals surface area contributed by atoms with Crippen molar-refractivity contribution in [2.75, 3.05) is 22.9 Å². The molecule has 8 N–H and O–H groups in total. The van der Waals surface area contributed by atoms with Crippen LogP contribution in [0.25, 0.3) is 32.9 Å². The summed E-state index contributed by atoms with van der Waals surface area (Å²) >= 11 is 0. The van der Waals surface area contributed by atoms with Gasteiger partial charge in [0, 0.05) is 39.2 Å². The van der Waals surface area contributed by atoms with E-state index in [0.717, 1.165) is 104 Å². The molecule has 0 saturated carbocycles. The van der Waals surface area contributed by atoms with E-state index in [1.807, 2.05) is 48.5 Å². The van der Waals surface area contributed by atoms with Gasteiger partial charge in [-0.1, -0.05) is 120 Å². The van der Waals surface area contributed by atoms with Gasteiger partial charge in [-0.2, -0.15) is 11.4 Å². The van der Waals surface area contributed by atoms with Crippen LogP contribution in [0.1, 0.15) is 59.3 Å². The molecule has 5 heterocycles. The van der Waals surface area contributed by atoms with Gasteiger partial charge < -0.3 is 43.5 Å². The van der Waals surface area contributed by atoms with E-state index in [0.29, 0.717) is 22.7 Å². The first kappa shape index (κ1) is 34.1. The van der Waals surface area contributed by atoms with Gasteiger partial charge in [0.15, 0.2) is 0 Å². The fraction of sp³-hybridized carbons (Fsp3) is 0.136. The zero-order valence-electron chi connectivity index (χ0n) is 28.9. The molecule has 9 rings (SSSR count). The molecule has 3 aliphatic heterocycles. The van der Waals surface area contributed by atoms with Crippen molar-refractivity contribution in [2.24, 2.45) is 0 Å². The molecular formula is C44H38N8Ni-4. The van der Waals surface area contributed by atoms with E-state index >= 15 is 0 Å². The second-order valence-electron chi connectivity index (χ2n) is 13.8. The Bertz CT molecular complexity index is 2310. The number of nitrogens with zero attached hydrogens (tertiary/aromatic N) is 4. The molecule has 8 bridgehead atoms. The van der Waals surface area contributed by atoms with Crippen LogP contribution in [0, 0.1) is 0 Å². The predicted octanol–water partition coefficient (Wildman–Crippen LogP) is 6.63. The third-order valence-corrected chi connectivity index (χ3v) is 10.4. The number of nitrogens with two attached hydrogens (primary N) is 4. The molecule has 4 aromatic carbocycles. The summed E-state index contributed by atoms with van der Waals surface area (Å²) in [7, 11) is 0. The third kappa shape index (κ3) is 6.38. The number of benzene rings is 4. The van der Waals surface area contributed by atoms with Gasteiger partial charge in [0.05, 0.1) is 0 Å². The molecule has 3 aliphatic rings. The Morgan fingerprint density at radius 1 is 0.396 bits per heavy atom. The average Bonchev–Trinajstić information content (AvgIpc) is 3.99. The van der Waals surface area contributed by atoms with Crippen LogP contribution >= 0.6 is 0 Å². The largest absolute Gasteiger partial charge is 0.681 e. The maximum absolute atomic E-state index is 6.16. The fourth-order valence-electron chi connectivity index (χ4n) is 7.85. The summed E-state index contributed by atoms with van der Waals surface area (Å²) in [5.74, 6) is 0. The van der Waals surface area contributed by atoms with E-state index in [9.17, 15) is 0 Å². The molecule has 0 amide bonds. The Labute approximate surface area is 318 Å². The summed E-state index contributed by atoms with van der Waals surface area (Å²) in [6.07, 6.45) is 3.22. The van der Waals surface area contributed by atoms with Crippen LogP contribution in [0.2, 0.25) is 0 Å². The molecule has 53 heavy (non-hydrogen) atoms. The molecule has 0 aliphatic carbocycles. The van der Waals surface area contributed by atoms with Crippen molar-refractivity contribution in [3.63, 3.8) is 0 Å². The van der Waals surface area contributed by atoms with Gasteiger partial charge in [-0.3, -0.25) is 0 Å². The van der Waals surface area contributed by atoms with Crippen molar-refractivity contribution < 1.29 is 16.5 Å². The Balaban J connectivity index is 0.00000400. The van der Waals surface area contributed by atoms with Crippen molar-refractivity contribution in [1.29, 1.82) is 0 Å². The summed E-state index contributed by atoms with van der Waals surface area (Å²) < 4.78 is 0. The fourth-order valence-corrected chi connectivity index (χ4v) is 7.85. The molecule has 2 saturated heterocycles. The smallest absolute Gasteiger partial charge is 0.0314 e. The monoisotopic (exact) mass is 736 g/mol. The number of hydrogen-bond acceptors (Lipinski definition) is 4. The van der Waals surface area contributed by atoms with Crippen LogP contribution in [0.15, 0.2) is 133 Å². The zero-order chi connectivity index (χ0) is 35.3. The molecule has 9 heteroatoms. The average molecular weight is 738 g/mol. The first-order valence-corrected chi connectivity index (χ1v) is 17.7. The van der Waals surface area contributed by atoms with Gasteiger partial charge in [-0.05, 0) is 83.6 Å². The number of nitrogen functional groups attached to an aromatic ring is 4. The third-order valence-electron chi connectivity index (χ3n) is 10.4. The molecule has 2 aromatic heterocycles. The zero-order valence-corrected chi connectivity index (χ0v) is 29.9. The molecule has 0 spiro atoms. The summed E-state index contributed by atoms with van der Waals surface area (Å²) in [6, 6.07) is 40.3. The predicted molar refractivity (Wildman–Crippen MR) is 212 cm³/mol. The van der Waals surface area contributed by atoms with Gasteiger partial charge in [-0.25, -0.2) is 0 Å². The van der Waals surface area contributed by atoms with Gasteiger partial charge in [0.1, 0.15) is 0 Å². The molecule has 6 aromatic rings. The van der Waals surface area contributed by atoms with E-state index < -0.39 is 0 Å². The van der Waals surface area contributed by atoms with Crippen molar-refractivity contribution in [2.45, 2.75) is 37.8 Å². The van der Waals surface area contributed by atoms with E-state index in [4.69, 9.17) is 43.5 Å². The summed E-state index contributed by atoms with van der Waals surface area (Å²) in [5, 5.41) is 12.8. The molecular weight excluding hydrogens is 699 g/mol. The number of aromatic nitrogens is 2. The van der Waals surface area contributed by atoms with Crippen molar-refractivity contribution in [1.82, 2.24) is 9.97 Å². The Morgan fingerprint density at radius 2 is 0.736 bits per heavy atom. The van der Waals surface area contributed by atoms with Gasteiger partial charge in [-0.15, -0.1) is 22.1 Å². The van der Waals surface area contributed by atoms with Gasteiger partial charge in [0.2, 0.25) is 0 Å². The van der Waals surface area contributed by atoms with Gasteiger partial charge >= 0.3 is 0 Å². The molecule has 2 unspecified atom stereocenters. The minimum absolute atomic E-state index is 0. The van der Waals surface area contributed by atoms with Crippen LogP contribution in [-0.2, 0) is 16.5 Å². The standard InChI is InChI=1S/C44H38N8.Ni/c45-29-9-1-25(2-10-29)41-33-17-19-35(49-33)42(26-3-11-30(46)12-4-26)37-21-23-39(51-37)44(28-7-15-32(48)16-8-28)40-24-22-38(52-40)43(36-20-18-34(41)50-36)27-5-13-31(47)14-6-27;/h1-17,19,22,24,34,37H,18,20-21,23,45-48H2;/q-4;/b41-33-,42-35+,43-36-,44-39-;. The van der Waals surface area contributed by atoms with Crippen LogP contribution in [-0.4, -0.2) is 12.1 Å². The minimum atomic E-state index is -0.125. The number of hydrogen-bond donors (Lipinski definition) is 4. The van der Waals surface area contributed by atoms with Crippen LogP contribution in [0.5, 0.6) is 0 Å². The topological polar surface area (TPSA) is 160 Å². The maximum atomic E-state index is 6.16. The van der Waals surface area contributed by atoms with Gasteiger partial charge in [0.25, 0.3) is 0 Å². The van der Waals surface area contributed by atoms with Crippen LogP contribution < -0.4 is 43.6 Å². The second kappa shape index (κ2) is 13.8. The maximum Gasteiger partial charge on any atom is 0.0314 e. The Kier molecular flexibility index (Phi) is 8.89. The minimum Gasteiger partial charge on any atom is -0.681 e. The van der Waals surface area contributed by atoms with E-state index in [2.05, 4.69) is 72.8 Å². The number of rotatable bonds is 4. The number of anilines is 4. The van der Waals surface area contributed by atoms with Crippen LogP contribution in [0.3, 0.4) is 0 Å². The van der Waals surface area contributed by atoms with E-state index in [1.165, 1.54) is 0 Å². The molecule has 2 fully saturated rings. The van der Waals surface area contributed by atoms with Crippen molar-refractivity contribution >= 4 is 45.0 Å². The number of fused-ring (bicyclic) bond motifs is 8. The molecule has 8 nitrogen and oxygen atoms in total. The summed E-state index contributed by atoms with van der Waals surface area (Å²) in [6.45, 7) is 0. The Hall–Kier alpha value is -6.05. The van der Waals surface area contributed by atoms with E-state index in [-0.39, 0.29) is 28.6 Å².